The summed E-state index contributed by atoms with van der Waals surface area (Å²) in [6.45, 7) is 4.15. The number of carboxylic acid groups (broad SMARTS) is 1. The molecule has 1 aromatic carbocycles. The summed E-state index contributed by atoms with van der Waals surface area (Å²) in [4.78, 5) is 11.2. The first-order valence-corrected chi connectivity index (χ1v) is 6.03. The molecule has 2 N–H and O–H groups in total. The Labute approximate surface area is 102 Å². The minimum atomic E-state index is -0.738. The standard InChI is InChI=1S/C14H20O3/c1-3-10(2)8-12(14(16)17)9-11-4-6-13(15)7-5-11/h4-7,10,12,15H,3,8-9H2,1-2H3,(H,16,17). The molecule has 0 heterocycles. The van der Waals surface area contributed by atoms with E-state index in [1.54, 1.807) is 24.3 Å². The van der Waals surface area contributed by atoms with Crippen molar-refractivity contribution in [3.8, 4) is 5.75 Å². The average Bonchev–Trinajstić information content (AvgIpc) is 2.30. The van der Waals surface area contributed by atoms with E-state index in [1.165, 1.54) is 0 Å². The van der Waals surface area contributed by atoms with Crippen LogP contribution < -0.4 is 0 Å². The van der Waals surface area contributed by atoms with Crippen molar-refractivity contribution in [2.75, 3.05) is 0 Å². The molecule has 2 atom stereocenters. The zero-order chi connectivity index (χ0) is 12.8. The molecule has 0 aliphatic carbocycles. The summed E-state index contributed by atoms with van der Waals surface area (Å²) >= 11 is 0. The van der Waals surface area contributed by atoms with Gasteiger partial charge in [-0.15, -0.1) is 0 Å². The van der Waals surface area contributed by atoms with E-state index in [-0.39, 0.29) is 11.7 Å². The maximum atomic E-state index is 11.2. The van der Waals surface area contributed by atoms with Gasteiger partial charge in [-0.1, -0.05) is 32.4 Å². The van der Waals surface area contributed by atoms with E-state index in [9.17, 15) is 9.90 Å². The molecular formula is C14H20O3. The van der Waals surface area contributed by atoms with Gasteiger partial charge in [0.25, 0.3) is 0 Å². The highest BCUT2D eigenvalue weighted by molar-refractivity contribution is 5.70. The second-order valence-electron chi connectivity index (χ2n) is 4.65. The van der Waals surface area contributed by atoms with Crippen LogP contribution in [-0.4, -0.2) is 16.2 Å². The summed E-state index contributed by atoms with van der Waals surface area (Å²) in [7, 11) is 0. The van der Waals surface area contributed by atoms with E-state index < -0.39 is 5.97 Å². The molecule has 17 heavy (non-hydrogen) atoms. The number of phenolic OH excluding ortho intramolecular Hbond substituents is 1. The fourth-order valence-electron chi connectivity index (χ4n) is 1.84. The van der Waals surface area contributed by atoms with Gasteiger partial charge >= 0.3 is 5.97 Å². The Kier molecular flexibility index (Phi) is 5.01. The van der Waals surface area contributed by atoms with Crippen LogP contribution in [0.1, 0.15) is 32.3 Å². The highest BCUT2D eigenvalue weighted by atomic mass is 16.4. The van der Waals surface area contributed by atoms with Gasteiger partial charge in [-0.05, 0) is 36.5 Å². The third-order valence-electron chi connectivity index (χ3n) is 3.15. The molecule has 2 unspecified atom stereocenters. The lowest BCUT2D eigenvalue weighted by Gasteiger charge is -2.16. The molecule has 0 aliphatic rings. The lowest BCUT2D eigenvalue weighted by Crippen LogP contribution is -2.19. The predicted octanol–water partition coefficient (Wildman–Crippen LogP) is 3.07. The Balaban J connectivity index is 2.66. The number of rotatable bonds is 6. The molecule has 0 radical (unpaired) electrons. The first-order chi connectivity index (χ1) is 8.02. The molecular weight excluding hydrogens is 216 g/mol. The van der Waals surface area contributed by atoms with Crippen LogP contribution in [0.4, 0.5) is 0 Å². The van der Waals surface area contributed by atoms with Gasteiger partial charge in [0.2, 0.25) is 0 Å². The van der Waals surface area contributed by atoms with E-state index in [2.05, 4.69) is 13.8 Å². The Hall–Kier alpha value is -1.51. The van der Waals surface area contributed by atoms with Crippen molar-refractivity contribution in [3.05, 3.63) is 29.8 Å². The third-order valence-corrected chi connectivity index (χ3v) is 3.15. The molecule has 0 saturated heterocycles. The van der Waals surface area contributed by atoms with Gasteiger partial charge in [-0.3, -0.25) is 4.79 Å². The number of phenols is 1. The minimum Gasteiger partial charge on any atom is -0.508 e. The maximum absolute atomic E-state index is 11.2. The summed E-state index contributed by atoms with van der Waals surface area (Å²) < 4.78 is 0. The van der Waals surface area contributed by atoms with Crippen molar-refractivity contribution in [2.24, 2.45) is 11.8 Å². The highest BCUT2D eigenvalue weighted by Gasteiger charge is 2.20. The van der Waals surface area contributed by atoms with Crippen LogP contribution in [0, 0.1) is 11.8 Å². The monoisotopic (exact) mass is 236 g/mol. The van der Waals surface area contributed by atoms with Gasteiger partial charge in [0, 0.05) is 0 Å². The second-order valence-corrected chi connectivity index (χ2v) is 4.65. The quantitative estimate of drug-likeness (QED) is 0.798. The first-order valence-electron chi connectivity index (χ1n) is 6.03. The minimum absolute atomic E-state index is 0.211. The fraction of sp³-hybridized carbons (Fsp3) is 0.500. The van der Waals surface area contributed by atoms with Crippen molar-refractivity contribution in [1.82, 2.24) is 0 Å². The zero-order valence-electron chi connectivity index (χ0n) is 10.4. The number of hydrogen-bond donors (Lipinski definition) is 2. The van der Waals surface area contributed by atoms with E-state index in [0.29, 0.717) is 18.8 Å². The van der Waals surface area contributed by atoms with E-state index in [4.69, 9.17) is 5.11 Å². The summed E-state index contributed by atoms with van der Waals surface area (Å²) in [6, 6.07) is 6.75. The van der Waals surface area contributed by atoms with E-state index in [1.807, 2.05) is 0 Å². The van der Waals surface area contributed by atoms with Crippen LogP contribution in [0.2, 0.25) is 0 Å². The lowest BCUT2D eigenvalue weighted by atomic mass is 9.89. The smallest absolute Gasteiger partial charge is 0.306 e. The van der Waals surface area contributed by atoms with Gasteiger partial charge < -0.3 is 10.2 Å². The van der Waals surface area contributed by atoms with Crippen molar-refractivity contribution in [3.63, 3.8) is 0 Å². The summed E-state index contributed by atoms with van der Waals surface area (Å²) in [6.07, 6.45) is 2.23. The van der Waals surface area contributed by atoms with Crippen LogP contribution in [0.15, 0.2) is 24.3 Å². The van der Waals surface area contributed by atoms with Gasteiger partial charge in [0.05, 0.1) is 5.92 Å². The van der Waals surface area contributed by atoms with Crippen LogP contribution in [0.5, 0.6) is 5.75 Å². The molecule has 3 heteroatoms. The fourth-order valence-corrected chi connectivity index (χ4v) is 1.84. The van der Waals surface area contributed by atoms with E-state index in [0.717, 1.165) is 12.0 Å². The zero-order valence-corrected chi connectivity index (χ0v) is 10.4. The molecule has 0 aliphatic heterocycles. The SMILES string of the molecule is CCC(C)CC(Cc1ccc(O)cc1)C(=O)O. The Morgan fingerprint density at radius 2 is 1.88 bits per heavy atom. The number of carbonyl (C=O) groups is 1. The molecule has 0 amide bonds. The van der Waals surface area contributed by atoms with Crippen LogP contribution in [0.3, 0.4) is 0 Å². The molecule has 1 rings (SSSR count). The van der Waals surface area contributed by atoms with Gasteiger partial charge in [0.1, 0.15) is 5.75 Å². The number of aliphatic carboxylic acids is 1. The molecule has 0 spiro atoms. The Morgan fingerprint density at radius 1 is 1.29 bits per heavy atom. The van der Waals surface area contributed by atoms with Gasteiger partial charge in [-0.25, -0.2) is 0 Å². The average molecular weight is 236 g/mol. The molecule has 0 fully saturated rings. The molecule has 94 valence electrons. The van der Waals surface area contributed by atoms with Crippen LogP contribution in [0.25, 0.3) is 0 Å². The Bertz CT molecular complexity index is 356. The number of benzene rings is 1. The van der Waals surface area contributed by atoms with E-state index >= 15 is 0 Å². The number of hydrogen-bond acceptors (Lipinski definition) is 2. The van der Waals surface area contributed by atoms with Crippen molar-refractivity contribution >= 4 is 5.97 Å². The lowest BCUT2D eigenvalue weighted by molar-refractivity contribution is -0.142. The topological polar surface area (TPSA) is 57.5 Å². The largest absolute Gasteiger partial charge is 0.508 e. The summed E-state index contributed by atoms with van der Waals surface area (Å²) in [5.41, 5.74) is 0.957. The summed E-state index contributed by atoms with van der Waals surface area (Å²) in [5, 5.41) is 18.4. The number of aromatic hydroxyl groups is 1. The molecule has 1 aromatic rings. The third kappa shape index (κ3) is 4.47. The van der Waals surface area contributed by atoms with Crippen LogP contribution in [-0.2, 0) is 11.2 Å². The Morgan fingerprint density at radius 3 is 2.35 bits per heavy atom. The molecule has 0 bridgehead atoms. The molecule has 0 saturated carbocycles. The maximum Gasteiger partial charge on any atom is 0.306 e. The van der Waals surface area contributed by atoms with Crippen molar-refractivity contribution in [1.29, 1.82) is 0 Å². The van der Waals surface area contributed by atoms with Crippen molar-refractivity contribution in [2.45, 2.75) is 33.1 Å². The number of carboxylic acids is 1. The summed E-state index contributed by atoms with van der Waals surface area (Å²) in [5.74, 6) is -0.441. The van der Waals surface area contributed by atoms with Crippen LogP contribution >= 0.6 is 0 Å². The van der Waals surface area contributed by atoms with Gasteiger partial charge in [0.15, 0.2) is 0 Å². The molecule has 0 aromatic heterocycles. The molecule has 3 nitrogen and oxygen atoms in total. The normalized spacial score (nSPS) is 14.2. The van der Waals surface area contributed by atoms with Crippen molar-refractivity contribution < 1.29 is 15.0 Å². The highest BCUT2D eigenvalue weighted by Crippen LogP contribution is 2.21. The predicted molar refractivity (Wildman–Crippen MR) is 67.0 cm³/mol. The van der Waals surface area contributed by atoms with Gasteiger partial charge in [-0.2, -0.15) is 0 Å². The first kappa shape index (κ1) is 13.6. The second kappa shape index (κ2) is 6.28.